The Labute approximate surface area is 156 Å². The molecule has 0 fully saturated rings. The zero-order chi connectivity index (χ0) is 18.5. The van der Waals surface area contributed by atoms with E-state index in [1.807, 2.05) is 60.7 Å². The summed E-state index contributed by atoms with van der Waals surface area (Å²) in [7, 11) is 0. The molecule has 2 aromatic rings. The molecule has 0 spiro atoms. The summed E-state index contributed by atoms with van der Waals surface area (Å²) in [4.78, 5) is 10.9. The van der Waals surface area contributed by atoms with Crippen molar-refractivity contribution in [3.63, 3.8) is 0 Å². The van der Waals surface area contributed by atoms with Gasteiger partial charge in [0.25, 0.3) is 0 Å². The van der Waals surface area contributed by atoms with Gasteiger partial charge in [-0.1, -0.05) is 60.7 Å². The van der Waals surface area contributed by atoms with Gasteiger partial charge in [-0.15, -0.1) is 12.3 Å². The first-order valence-corrected chi connectivity index (χ1v) is 8.88. The number of ether oxygens (including phenoxy) is 2. The number of carbonyl (C=O) groups is 1. The fourth-order valence-corrected chi connectivity index (χ4v) is 2.88. The predicted molar refractivity (Wildman–Crippen MR) is 103 cm³/mol. The molecule has 0 aliphatic heterocycles. The van der Waals surface area contributed by atoms with Gasteiger partial charge in [-0.2, -0.15) is 0 Å². The lowest BCUT2D eigenvalue weighted by molar-refractivity contribution is -0.109. The van der Waals surface area contributed by atoms with Crippen LogP contribution < -0.4 is 0 Å². The van der Waals surface area contributed by atoms with Crippen molar-refractivity contribution in [2.45, 2.75) is 32.5 Å². The van der Waals surface area contributed by atoms with Crippen LogP contribution in [0.25, 0.3) is 0 Å². The quantitative estimate of drug-likeness (QED) is 0.420. The Morgan fingerprint density at radius 3 is 1.81 bits per heavy atom. The van der Waals surface area contributed by atoms with Gasteiger partial charge in [0.15, 0.2) is 0 Å². The Bertz CT molecular complexity index is 628. The van der Waals surface area contributed by atoms with Gasteiger partial charge < -0.3 is 14.3 Å². The molecule has 0 N–H and O–H groups in total. The third kappa shape index (κ3) is 6.84. The summed E-state index contributed by atoms with van der Waals surface area (Å²) in [6.45, 7) is 1.98. The molecule has 0 unspecified atom stereocenters. The molecule has 3 nitrogen and oxygen atoms in total. The normalized spacial score (nSPS) is 11.0. The molecule has 3 heteroatoms. The van der Waals surface area contributed by atoms with E-state index in [0.717, 1.165) is 17.4 Å². The van der Waals surface area contributed by atoms with Gasteiger partial charge in [0, 0.05) is 18.3 Å². The highest BCUT2D eigenvalue weighted by atomic mass is 16.5. The van der Waals surface area contributed by atoms with E-state index in [1.54, 1.807) is 0 Å². The van der Waals surface area contributed by atoms with E-state index in [1.165, 1.54) is 0 Å². The van der Waals surface area contributed by atoms with Crippen LogP contribution in [-0.2, 0) is 27.5 Å². The molecule has 0 saturated heterocycles. The lowest BCUT2D eigenvalue weighted by Crippen LogP contribution is -2.32. The lowest BCUT2D eigenvalue weighted by Gasteiger charge is -2.31. The minimum Gasteiger partial charge on any atom is -0.376 e. The van der Waals surface area contributed by atoms with Gasteiger partial charge >= 0.3 is 0 Å². The highest BCUT2D eigenvalue weighted by molar-refractivity contribution is 5.49. The van der Waals surface area contributed by atoms with Crippen LogP contribution in [0.1, 0.15) is 30.4 Å². The summed E-state index contributed by atoms with van der Waals surface area (Å²) in [6, 6.07) is 20.0. The fraction of sp³-hybridized carbons (Fsp3) is 0.348. The Hall–Kier alpha value is -2.41. The molecule has 0 bridgehead atoms. The summed E-state index contributed by atoms with van der Waals surface area (Å²) in [5.74, 6) is 2.74. The minimum atomic E-state index is -0.348. The van der Waals surface area contributed by atoms with Crippen LogP contribution in [0.2, 0.25) is 0 Å². The standard InChI is InChI=1S/C23H26O3/c1-2-14-23(15-9-16-24,19-25-17-21-10-5-3-6-11-21)20-26-18-22-12-7-4-8-13-22/h1,3-8,10-13,16H,9,14-15,17-20H2. The van der Waals surface area contributed by atoms with Crippen molar-refractivity contribution in [2.75, 3.05) is 13.2 Å². The van der Waals surface area contributed by atoms with Crippen molar-refractivity contribution in [3.8, 4) is 12.3 Å². The number of terminal acetylenes is 1. The second-order valence-electron chi connectivity index (χ2n) is 6.54. The summed E-state index contributed by atoms with van der Waals surface area (Å²) in [5.41, 5.74) is 1.88. The molecule has 0 aromatic heterocycles. The van der Waals surface area contributed by atoms with Crippen LogP contribution in [0.4, 0.5) is 0 Å². The van der Waals surface area contributed by atoms with Crippen LogP contribution in [0, 0.1) is 17.8 Å². The molecule has 0 aliphatic carbocycles. The third-order valence-corrected chi connectivity index (χ3v) is 4.31. The van der Waals surface area contributed by atoms with Crippen molar-refractivity contribution in [1.29, 1.82) is 0 Å². The van der Waals surface area contributed by atoms with E-state index in [-0.39, 0.29) is 5.41 Å². The number of aldehydes is 1. The highest BCUT2D eigenvalue weighted by Gasteiger charge is 2.30. The molecule has 0 atom stereocenters. The van der Waals surface area contributed by atoms with Gasteiger partial charge in [0.1, 0.15) is 6.29 Å². The molecule has 0 amide bonds. The Morgan fingerprint density at radius 1 is 0.885 bits per heavy atom. The van der Waals surface area contributed by atoms with E-state index in [2.05, 4.69) is 5.92 Å². The molecule has 0 heterocycles. The van der Waals surface area contributed by atoms with E-state index < -0.39 is 0 Å². The maximum absolute atomic E-state index is 10.9. The average Bonchev–Trinajstić information content (AvgIpc) is 2.68. The van der Waals surface area contributed by atoms with Crippen LogP contribution in [0.3, 0.4) is 0 Å². The SMILES string of the molecule is C#CCC(CCC=O)(COCc1ccccc1)COCc1ccccc1. The van der Waals surface area contributed by atoms with Crippen LogP contribution in [0.15, 0.2) is 60.7 Å². The second kappa shape index (κ2) is 11.3. The molecular formula is C23H26O3. The fourth-order valence-electron chi connectivity index (χ4n) is 2.88. The molecule has 0 saturated carbocycles. The summed E-state index contributed by atoms with van der Waals surface area (Å²) in [6.07, 6.45) is 8.16. The Kier molecular flexibility index (Phi) is 8.62. The van der Waals surface area contributed by atoms with E-state index in [9.17, 15) is 4.79 Å². The number of benzene rings is 2. The zero-order valence-electron chi connectivity index (χ0n) is 15.1. The second-order valence-corrected chi connectivity index (χ2v) is 6.54. The maximum atomic E-state index is 10.9. The number of rotatable bonds is 12. The molecule has 2 rings (SSSR count). The molecule has 26 heavy (non-hydrogen) atoms. The molecule has 0 radical (unpaired) electrons. The number of hydrogen-bond donors (Lipinski definition) is 0. The van der Waals surface area contributed by atoms with Crippen molar-refractivity contribution in [3.05, 3.63) is 71.8 Å². The van der Waals surface area contributed by atoms with Gasteiger partial charge in [-0.3, -0.25) is 0 Å². The van der Waals surface area contributed by atoms with E-state index >= 15 is 0 Å². The number of carbonyl (C=O) groups excluding carboxylic acids is 1. The lowest BCUT2D eigenvalue weighted by atomic mass is 9.82. The summed E-state index contributed by atoms with van der Waals surface area (Å²) >= 11 is 0. The molecule has 136 valence electrons. The van der Waals surface area contributed by atoms with Crippen LogP contribution in [0.5, 0.6) is 0 Å². The predicted octanol–water partition coefficient (Wildman–Crippen LogP) is 4.41. The third-order valence-electron chi connectivity index (χ3n) is 4.31. The first-order chi connectivity index (χ1) is 12.8. The highest BCUT2D eigenvalue weighted by Crippen LogP contribution is 2.29. The number of hydrogen-bond acceptors (Lipinski definition) is 3. The summed E-state index contributed by atoms with van der Waals surface area (Å²) in [5, 5.41) is 0. The van der Waals surface area contributed by atoms with Gasteiger partial charge in [-0.05, 0) is 17.5 Å². The van der Waals surface area contributed by atoms with Crippen molar-refractivity contribution >= 4 is 6.29 Å². The monoisotopic (exact) mass is 350 g/mol. The molecular weight excluding hydrogens is 324 g/mol. The van der Waals surface area contributed by atoms with E-state index in [0.29, 0.717) is 45.7 Å². The first-order valence-electron chi connectivity index (χ1n) is 8.88. The average molecular weight is 350 g/mol. The maximum Gasteiger partial charge on any atom is 0.120 e. The van der Waals surface area contributed by atoms with Crippen LogP contribution in [-0.4, -0.2) is 19.5 Å². The summed E-state index contributed by atoms with van der Waals surface area (Å²) < 4.78 is 11.9. The Morgan fingerprint density at radius 2 is 1.38 bits per heavy atom. The molecule has 2 aromatic carbocycles. The van der Waals surface area contributed by atoms with E-state index in [4.69, 9.17) is 15.9 Å². The van der Waals surface area contributed by atoms with Gasteiger partial charge in [-0.25, -0.2) is 0 Å². The minimum absolute atomic E-state index is 0.348. The first kappa shape index (κ1) is 19.9. The molecule has 0 aliphatic rings. The van der Waals surface area contributed by atoms with Crippen molar-refractivity contribution in [1.82, 2.24) is 0 Å². The van der Waals surface area contributed by atoms with Gasteiger partial charge in [0.2, 0.25) is 0 Å². The zero-order valence-corrected chi connectivity index (χ0v) is 15.1. The Balaban J connectivity index is 1.94. The smallest absolute Gasteiger partial charge is 0.120 e. The van der Waals surface area contributed by atoms with Gasteiger partial charge in [0.05, 0.1) is 26.4 Å². The van der Waals surface area contributed by atoms with Crippen molar-refractivity contribution < 1.29 is 14.3 Å². The topological polar surface area (TPSA) is 35.5 Å². The largest absolute Gasteiger partial charge is 0.376 e. The van der Waals surface area contributed by atoms with Crippen molar-refractivity contribution in [2.24, 2.45) is 5.41 Å². The van der Waals surface area contributed by atoms with Crippen LogP contribution >= 0.6 is 0 Å².